The third kappa shape index (κ3) is 10.0. The van der Waals surface area contributed by atoms with E-state index < -0.39 is 89.2 Å². The number of halogens is 1. The molecule has 7 atom stereocenters. The second-order valence-electron chi connectivity index (χ2n) is 9.25. The van der Waals surface area contributed by atoms with Crippen molar-refractivity contribution in [3.05, 3.63) is 30.3 Å². The molecule has 1 amide bonds. The quantitative estimate of drug-likeness (QED) is 0.154. The normalized spacial score (nSPS) is 23.9. The maximum absolute atomic E-state index is 13.2. The minimum atomic E-state index is -2.74. The minimum absolute atomic E-state index is 0.234. The molecule has 0 aliphatic carbocycles. The van der Waals surface area contributed by atoms with E-state index >= 15 is 0 Å². The molecule has 0 aromatic heterocycles. The summed E-state index contributed by atoms with van der Waals surface area (Å²) in [5.74, 6) is -5.33. The Kier molecular flexibility index (Phi) is 13.3. The molecule has 1 saturated heterocycles. The molecule has 1 heterocycles. The highest BCUT2D eigenvalue weighted by molar-refractivity contribution is 7.79. The number of hydrogen-bond acceptors (Lipinski definition) is 15. The van der Waals surface area contributed by atoms with Crippen molar-refractivity contribution in [2.24, 2.45) is 0 Å². The van der Waals surface area contributed by atoms with E-state index in [9.17, 15) is 28.8 Å². The maximum Gasteiger partial charge on any atom is 0.358 e. The van der Waals surface area contributed by atoms with Crippen molar-refractivity contribution in [3.63, 3.8) is 0 Å². The highest BCUT2D eigenvalue weighted by atomic mass is 35.5. The van der Waals surface area contributed by atoms with Crippen LogP contribution in [-0.4, -0.2) is 96.3 Å². The molecule has 1 fully saturated rings. The van der Waals surface area contributed by atoms with E-state index in [2.05, 4.69) is 5.32 Å². The van der Waals surface area contributed by atoms with Crippen LogP contribution >= 0.6 is 23.8 Å². The first-order valence-electron chi connectivity index (χ1n) is 12.9. The first kappa shape index (κ1) is 36.2. The predicted octanol–water partition coefficient (Wildman–Crippen LogP) is 1.11. The van der Waals surface area contributed by atoms with Crippen molar-refractivity contribution in [3.8, 4) is 5.75 Å². The van der Waals surface area contributed by atoms with Crippen LogP contribution in [0.5, 0.6) is 5.75 Å². The Labute approximate surface area is 262 Å². The Hall–Kier alpha value is -4.02. The summed E-state index contributed by atoms with van der Waals surface area (Å²) in [6.07, 6.45) is -8.69. The monoisotopic (exact) mass is 661 g/mol. The highest BCUT2D eigenvalue weighted by Gasteiger charge is 2.65. The molecule has 1 aromatic rings. The molecule has 1 aliphatic rings. The largest absolute Gasteiger partial charge is 0.466 e. The lowest BCUT2D eigenvalue weighted by Gasteiger charge is -2.50. The molecule has 1 aromatic carbocycles. The number of ether oxygens (including phenoxy) is 8. The molecule has 0 radical (unpaired) electrons. The SMILES string of the molecule is COC(=O)[C@@]1(Cl)O[C@H]([C@H](OC(C)=O)[C@@H](COC(C)=O)OC(C)=O)[C@H](NC(C)=O)[C@@H](OC(C)=O)[C@@H]1OC(=S)Oc1ccccc1. The Morgan fingerprint density at radius 1 is 0.932 bits per heavy atom. The van der Waals surface area contributed by atoms with Gasteiger partial charge in [0.1, 0.15) is 18.5 Å². The van der Waals surface area contributed by atoms with Gasteiger partial charge in [-0.3, -0.25) is 24.0 Å². The van der Waals surface area contributed by atoms with Crippen LogP contribution in [0.25, 0.3) is 0 Å². The average Bonchev–Trinajstić information content (AvgIpc) is 2.92. The van der Waals surface area contributed by atoms with E-state index in [0.29, 0.717) is 0 Å². The molecule has 0 unspecified atom stereocenters. The van der Waals surface area contributed by atoms with Crippen LogP contribution in [0.3, 0.4) is 0 Å². The first-order valence-corrected chi connectivity index (χ1v) is 13.7. The molecule has 2 rings (SSSR count). The van der Waals surface area contributed by atoms with E-state index in [1.54, 1.807) is 30.3 Å². The van der Waals surface area contributed by atoms with Crippen molar-refractivity contribution in [2.75, 3.05) is 13.7 Å². The number of alkyl halides is 1. The van der Waals surface area contributed by atoms with Crippen LogP contribution in [0, 0.1) is 0 Å². The van der Waals surface area contributed by atoms with Crippen molar-refractivity contribution in [1.82, 2.24) is 5.32 Å². The standard InChI is InChI=1S/C27H32ClNO14S/c1-13(30)29-20-22(21(39-16(4)33)19(38-15(3)32)12-37-14(2)31)43-27(28,25(35)36-6)24(23(20)40-17(5)34)42-26(44)41-18-10-8-7-9-11-18/h7-11,19-24H,12H2,1-6H3,(H,29,30)/t19-,20+,21-,22+,23-,24+,27+/m1/s1. The van der Waals surface area contributed by atoms with Gasteiger partial charge in [0.15, 0.2) is 24.4 Å². The molecule has 17 heteroatoms. The van der Waals surface area contributed by atoms with Crippen molar-refractivity contribution in [1.29, 1.82) is 0 Å². The van der Waals surface area contributed by atoms with Gasteiger partial charge in [-0.15, -0.1) is 0 Å². The van der Waals surface area contributed by atoms with Crippen LogP contribution in [0.2, 0.25) is 0 Å². The summed E-state index contributed by atoms with van der Waals surface area (Å²) in [6, 6.07) is 6.55. The molecule has 0 spiro atoms. The van der Waals surface area contributed by atoms with E-state index in [4.69, 9.17) is 61.7 Å². The smallest absolute Gasteiger partial charge is 0.358 e. The first-order chi connectivity index (χ1) is 20.6. The van der Waals surface area contributed by atoms with Gasteiger partial charge in [-0.05, 0) is 12.1 Å². The molecule has 0 saturated carbocycles. The average molecular weight is 662 g/mol. The van der Waals surface area contributed by atoms with E-state index in [0.717, 1.165) is 41.7 Å². The molecule has 44 heavy (non-hydrogen) atoms. The number of methoxy groups -OCH3 is 1. The molecule has 15 nitrogen and oxygen atoms in total. The number of esters is 5. The van der Waals surface area contributed by atoms with Crippen molar-refractivity contribution in [2.45, 2.75) is 76.2 Å². The highest BCUT2D eigenvalue weighted by Crippen LogP contribution is 2.41. The van der Waals surface area contributed by atoms with Gasteiger partial charge in [-0.25, -0.2) is 4.79 Å². The number of rotatable bonds is 11. The van der Waals surface area contributed by atoms with Gasteiger partial charge in [0.25, 0.3) is 5.06 Å². The second kappa shape index (κ2) is 16.2. The third-order valence-electron chi connectivity index (χ3n) is 5.74. The number of benzene rings is 1. The number of para-hydroxylation sites is 1. The van der Waals surface area contributed by atoms with Crippen LogP contribution in [0.15, 0.2) is 30.3 Å². The maximum atomic E-state index is 13.2. The van der Waals surface area contributed by atoms with Gasteiger partial charge in [0.2, 0.25) is 5.91 Å². The molecular weight excluding hydrogens is 630 g/mol. The predicted molar refractivity (Wildman–Crippen MR) is 151 cm³/mol. The lowest BCUT2D eigenvalue weighted by molar-refractivity contribution is -0.250. The van der Waals surface area contributed by atoms with Gasteiger partial charge in [0.05, 0.1) is 13.2 Å². The van der Waals surface area contributed by atoms with E-state index in [-0.39, 0.29) is 5.75 Å². The second-order valence-corrected chi connectivity index (χ2v) is 10.1. The molecule has 1 N–H and O–H groups in total. The Morgan fingerprint density at radius 3 is 2.05 bits per heavy atom. The number of nitrogens with one attached hydrogen (secondary N) is 1. The molecule has 1 aliphatic heterocycles. The summed E-state index contributed by atoms with van der Waals surface area (Å²) in [5, 5.41) is -0.828. The van der Waals surface area contributed by atoms with Crippen LogP contribution in [0.1, 0.15) is 34.6 Å². The summed E-state index contributed by atoms with van der Waals surface area (Å²) < 4.78 is 43.3. The zero-order valence-corrected chi connectivity index (χ0v) is 26.1. The summed E-state index contributed by atoms with van der Waals surface area (Å²) in [7, 11) is 0.966. The number of thiocarbonyl (C=S) groups is 1. The fraction of sp³-hybridized carbons (Fsp3) is 0.519. The van der Waals surface area contributed by atoms with E-state index in [1.807, 2.05) is 0 Å². The molecular formula is C27H32ClNO14S. The zero-order chi connectivity index (χ0) is 33.2. The fourth-order valence-corrected chi connectivity index (χ4v) is 4.78. The Bertz CT molecular complexity index is 1250. The summed E-state index contributed by atoms with van der Waals surface area (Å²) >= 11 is 12.0. The summed E-state index contributed by atoms with van der Waals surface area (Å²) in [6.45, 7) is 4.56. The zero-order valence-electron chi connectivity index (χ0n) is 24.6. The van der Waals surface area contributed by atoms with Crippen LogP contribution in [0.4, 0.5) is 0 Å². The Balaban J connectivity index is 2.74. The number of carbonyl (C=O) groups excluding carboxylic acids is 6. The Morgan fingerprint density at radius 2 is 1.55 bits per heavy atom. The molecule has 0 bridgehead atoms. The van der Waals surface area contributed by atoms with Gasteiger partial charge in [0, 0.05) is 46.8 Å². The third-order valence-corrected chi connectivity index (χ3v) is 6.38. The topological polar surface area (TPSA) is 188 Å². The van der Waals surface area contributed by atoms with Gasteiger partial charge in [-0.1, -0.05) is 29.8 Å². The summed E-state index contributed by atoms with van der Waals surface area (Å²) in [5.41, 5.74) is 0. The number of hydrogen-bond donors (Lipinski definition) is 1. The van der Waals surface area contributed by atoms with Gasteiger partial charge < -0.3 is 43.2 Å². The van der Waals surface area contributed by atoms with Crippen LogP contribution < -0.4 is 10.1 Å². The van der Waals surface area contributed by atoms with Gasteiger partial charge >= 0.3 is 35.1 Å². The minimum Gasteiger partial charge on any atom is -0.466 e. The molecule has 242 valence electrons. The van der Waals surface area contributed by atoms with E-state index in [1.165, 1.54) is 0 Å². The lowest BCUT2D eigenvalue weighted by atomic mass is 9.87. The van der Waals surface area contributed by atoms with Crippen molar-refractivity contribution < 1.29 is 66.7 Å². The van der Waals surface area contributed by atoms with Crippen molar-refractivity contribution >= 4 is 64.8 Å². The lowest BCUT2D eigenvalue weighted by Crippen LogP contribution is -2.73. The number of amides is 1. The summed E-state index contributed by atoms with van der Waals surface area (Å²) in [4.78, 5) is 73.9. The number of carbonyl (C=O) groups is 6. The van der Waals surface area contributed by atoms with Gasteiger partial charge in [-0.2, -0.15) is 0 Å². The fourth-order valence-electron chi connectivity index (χ4n) is 4.24. The van der Waals surface area contributed by atoms with Crippen LogP contribution in [-0.2, 0) is 61.9 Å².